The summed E-state index contributed by atoms with van der Waals surface area (Å²) in [6.07, 6.45) is 1.70. The first kappa shape index (κ1) is 14.3. The number of thioether (sulfide) groups is 1. The monoisotopic (exact) mass is 297 g/mol. The van der Waals surface area contributed by atoms with Gasteiger partial charge >= 0.3 is 0 Å². The molecule has 20 heavy (non-hydrogen) atoms. The zero-order valence-electron chi connectivity index (χ0n) is 10.7. The van der Waals surface area contributed by atoms with Crippen LogP contribution in [0.25, 0.3) is 0 Å². The molecule has 2 aromatic rings. The van der Waals surface area contributed by atoms with Crippen LogP contribution in [0.2, 0.25) is 0 Å². The highest BCUT2D eigenvalue weighted by Gasteiger charge is 2.18. The Kier molecular flexibility index (Phi) is 4.57. The lowest BCUT2D eigenvalue weighted by Crippen LogP contribution is -2.03. The van der Waals surface area contributed by atoms with Crippen molar-refractivity contribution in [2.75, 3.05) is 6.01 Å². The van der Waals surface area contributed by atoms with Gasteiger partial charge in [-0.2, -0.15) is 0 Å². The third-order valence-electron chi connectivity index (χ3n) is 2.57. The van der Waals surface area contributed by atoms with E-state index in [0.29, 0.717) is 16.3 Å². The number of hydrogen-bond donors (Lipinski definition) is 0. The highest BCUT2D eigenvalue weighted by atomic mass is 32.2. The molecule has 6 nitrogen and oxygen atoms in total. The molecule has 2 rings (SSSR count). The van der Waals surface area contributed by atoms with Crippen LogP contribution in [0.3, 0.4) is 0 Å². The molecule has 0 unspecified atom stereocenters. The Hall–Kier alpha value is -2.09. The molecule has 8 heteroatoms. The van der Waals surface area contributed by atoms with Gasteiger partial charge in [-0.15, -0.1) is 5.10 Å². The highest BCUT2D eigenvalue weighted by molar-refractivity contribution is 7.99. The van der Waals surface area contributed by atoms with Crippen LogP contribution < -0.4 is 4.74 Å². The van der Waals surface area contributed by atoms with Crippen molar-refractivity contribution in [3.63, 3.8) is 0 Å². The van der Waals surface area contributed by atoms with E-state index in [1.54, 1.807) is 30.1 Å². The molecule has 0 spiro atoms. The van der Waals surface area contributed by atoms with Crippen molar-refractivity contribution in [2.24, 2.45) is 7.05 Å². The molecule has 0 amide bonds. The Labute approximate surface area is 118 Å². The summed E-state index contributed by atoms with van der Waals surface area (Å²) in [5.41, 5.74) is 0.269. The first-order valence-electron chi connectivity index (χ1n) is 5.69. The van der Waals surface area contributed by atoms with Gasteiger partial charge in [0.1, 0.15) is 12.6 Å². The quantitative estimate of drug-likeness (QED) is 0.466. The third-order valence-corrected chi connectivity index (χ3v) is 3.37. The van der Waals surface area contributed by atoms with E-state index >= 15 is 0 Å². The minimum Gasteiger partial charge on any atom is -0.471 e. The van der Waals surface area contributed by atoms with E-state index in [4.69, 9.17) is 4.74 Å². The van der Waals surface area contributed by atoms with Crippen LogP contribution in [0.15, 0.2) is 35.4 Å². The molecule has 0 atom stereocenters. The fourth-order valence-corrected chi connectivity index (χ4v) is 2.31. The van der Waals surface area contributed by atoms with Crippen molar-refractivity contribution < 1.29 is 14.1 Å². The van der Waals surface area contributed by atoms with Crippen molar-refractivity contribution >= 4 is 17.4 Å². The van der Waals surface area contributed by atoms with Gasteiger partial charge in [-0.05, 0) is 6.07 Å². The molecule has 1 aromatic heterocycles. The molecule has 0 N–H and O–H groups in total. The average molecular weight is 297 g/mol. The van der Waals surface area contributed by atoms with Crippen molar-refractivity contribution in [1.29, 1.82) is 0 Å². The summed E-state index contributed by atoms with van der Waals surface area (Å²) in [4.78, 5) is 11.0. The van der Waals surface area contributed by atoms with Gasteiger partial charge in [0.2, 0.25) is 5.88 Å². The van der Waals surface area contributed by atoms with Crippen molar-refractivity contribution in [2.45, 2.75) is 11.5 Å². The van der Waals surface area contributed by atoms with E-state index in [2.05, 4.69) is 5.10 Å². The number of nitro benzene ring substituents is 1. The Balaban J connectivity index is 2.25. The molecular formula is C12H12FN3O3S. The zero-order chi connectivity index (χ0) is 14.5. The maximum atomic E-state index is 12.5. The normalized spacial score (nSPS) is 10.5. The van der Waals surface area contributed by atoms with E-state index in [1.165, 1.54) is 12.1 Å². The van der Waals surface area contributed by atoms with Gasteiger partial charge in [0, 0.05) is 30.3 Å². The minimum atomic E-state index is -0.655. The Morgan fingerprint density at radius 3 is 2.90 bits per heavy atom. The second-order valence-electron chi connectivity index (χ2n) is 3.88. The van der Waals surface area contributed by atoms with Gasteiger partial charge in [-0.1, -0.05) is 17.8 Å². The Morgan fingerprint density at radius 2 is 2.30 bits per heavy atom. The molecule has 0 fully saturated rings. The van der Waals surface area contributed by atoms with Crippen molar-refractivity contribution in [3.05, 3.63) is 46.1 Å². The summed E-state index contributed by atoms with van der Waals surface area (Å²) < 4.78 is 19.5. The number of aromatic nitrogens is 2. The number of nitrogens with zero attached hydrogens (tertiary/aromatic N) is 3. The minimum absolute atomic E-state index is 0.0313. The predicted molar refractivity (Wildman–Crippen MR) is 72.5 cm³/mol. The molecule has 1 heterocycles. The van der Waals surface area contributed by atoms with Crippen LogP contribution in [0.1, 0.15) is 5.56 Å². The number of aryl methyl sites for hydroxylation is 1. The first-order chi connectivity index (χ1) is 9.61. The summed E-state index contributed by atoms with van der Waals surface area (Å²) >= 11 is 0.897. The number of rotatable bonds is 6. The lowest BCUT2D eigenvalue weighted by atomic mass is 10.2. The number of alkyl halides is 1. The number of benzene rings is 1. The van der Waals surface area contributed by atoms with Crippen LogP contribution in [-0.4, -0.2) is 20.7 Å². The third kappa shape index (κ3) is 3.27. The topological polar surface area (TPSA) is 70.2 Å². The van der Waals surface area contributed by atoms with Crippen LogP contribution >= 0.6 is 11.8 Å². The lowest BCUT2D eigenvalue weighted by Gasteiger charge is -2.08. The van der Waals surface area contributed by atoms with E-state index in [1.807, 2.05) is 0 Å². The molecule has 0 saturated heterocycles. The van der Waals surface area contributed by atoms with Gasteiger partial charge in [0.05, 0.1) is 10.5 Å². The van der Waals surface area contributed by atoms with Crippen molar-refractivity contribution in [3.8, 4) is 5.88 Å². The van der Waals surface area contributed by atoms with E-state index in [0.717, 1.165) is 11.8 Å². The van der Waals surface area contributed by atoms with Gasteiger partial charge in [-0.3, -0.25) is 14.8 Å². The number of halogens is 1. The van der Waals surface area contributed by atoms with E-state index in [-0.39, 0.29) is 12.3 Å². The van der Waals surface area contributed by atoms with E-state index in [9.17, 15) is 14.5 Å². The smallest absolute Gasteiger partial charge is 0.277 e. The standard InChI is InChI=1S/C12H12FN3O3S/c1-15-6-5-12(14-15)19-7-9-10(16(17)18)3-2-4-11(9)20-8-13/h2-6H,7-8H2,1H3. The second kappa shape index (κ2) is 6.38. The molecule has 106 valence electrons. The lowest BCUT2D eigenvalue weighted by molar-refractivity contribution is -0.386. The molecule has 0 radical (unpaired) electrons. The SMILES string of the molecule is Cn1ccc(OCc2c(SCF)cccc2[N+](=O)[O-])n1. The van der Waals surface area contributed by atoms with Gasteiger partial charge in [-0.25, -0.2) is 4.39 Å². The molecule has 0 saturated carbocycles. The summed E-state index contributed by atoms with van der Waals surface area (Å²) in [6, 6.07) is 5.53. The average Bonchev–Trinajstić information content (AvgIpc) is 2.83. The summed E-state index contributed by atoms with van der Waals surface area (Å²) in [5.74, 6) is 0.363. The molecule has 0 aliphatic rings. The maximum absolute atomic E-state index is 12.5. The van der Waals surface area contributed by atoms with E-state index < -0.39 is 10.9 Å². The fraction of sp³-hybridized carbons (Fsp3) is 0.250. The van der Waals surface area contributed by atoms with Gasteiger partial charge in [0.25, 0.3) is 5.69 Å². The van der Waals surface area contributed by atoms with Crippen molar-refractivity contribution in [1.82, 2.24) is 9.78 Å². The van der Waals surface area contributed by atoms with Crippen LogP contribution in [0.5, 0.6) is 5.88 Å². The Bertz CT molecular complexity index is 618. The summed E-state index contributed by atoms with van der Waals surface area (Å²) in [5, 5.41) is 15.0. The largest absolute Gasteiger partial charge is 0.471 e. The molecular weight excluding hydrogens is 285 g/mol. The van der Waals surface area contributed by atoms with Crippen LogP contribution in [-0.2, 0) is 13.7 Å². The molecule has 0 aliphatic carbocycles. The molecule has 0 bridgehead atoms. The maximum Gasteiger partial charge on any atom is 0.277 e. The first-order valence-corrected chi connectivity index (χ1v) is 6.68. The fourth-order valence-electron chi connectivity index (χ4n) is 1.68. The second-order valence-corrected chi connectivity index (χ2v) is 4.83. The van der Waals surface area contributed by atoms with Gasteiger partial charge in [0.15, 0.2) is 0 Å². The zero-order valence-corrected chi connectivity index (χ0v) is 11.5. The summed E-state index contributed by atoms with van der Waals surface area (Å²) in [7, 11) is 1.74. The van der Waals surface area contributed by atoms with Crippen LogP contribution in [0.4, 0.5) is 10.1 Å². The van der Waals surface area contributed by atoms with Crippen LogP contribution in [0, 0.1) is 10.1 Å². The summed E-state index contributed by atoms with van der Waals surface area (Å²) in [6.45, 7) is -0.0313. The molecule has 0 aliphatic heterocycles. The Morgan fingerprint density at radius 1 is 1.50 bits per heavy atom. The number of ether oxygens (including phenoxy) is 1. The number of hydrogen-bond acceptors (Lipinski definition) is 5. The number of nitro groups is 1. The van der Waals surface area contributed by atoms with Gasteiger partial charge < -0.3 is 4.74 Å². The molecule has 1 aromatic carbocycles. The highest BCUT2D eigenvalue weighted by Crippen LogP contribution is 2.31. The predicted octanol–water partition coefficient (Wildman–Crippen LogP) is 2.93.